The fourth-order valence-corrected chi connectivity index (χ4v) is 10.7. The molecule has 0 unspecified atom stereocenters. The molecular formula is C50H30BrClF12N12O3S3. The molecule has 12 aromatic rings. The number of hydrogen-bond acceptors (Lipinski definition) is 13. The minimum atomic E-state index is -4.99. The highest BCUT2D eigenvalue weighted by Crippen LogP contribution is 2.37. The highest BCUT2D eigenvalue weighted by atomic mass is 79.9. The van der Waals surface area contributed by atoms with E-state index in [1.54, 1.807) is 39.3 Å². The van der Waals surface area contributed by atoms with Gasteiger partial charge in [-0.25, -0.2) is 43.1 Å². The van der Waals surface area contributed by atoms with Crippen molar-refractivity contribution in [1.82, 2.24) is 43.1 Å². The van der Waals surface area contributed by atoms with Crippen molar-refractivity contribution in [2.24, 2.45) is 0 Å². The Kier molecular flexibility index (Phi) is 18.1. The third-order valence-corrected chi connectivity index (χ3v) is 14.0. The molecule has 82 heavy (non-hydrogen) atoms. The van der Waals surface area contributed by atoms with Gasteiger partial charge in [-0.2, -0.15) is 39.5 Å². The lowest BCUT2D eigenvalue weighted by atomic mass is 10.3. The fourth-order valence-electron chi connectivity index (χ4n) is 7.08. The number of amides is 2. The summed E-state index contributed by atoms with van der Waals surface area (Å²) >= 11 is 12.2. The Balaban J connectivity index is 0.000000142. The van der Waals surface area contributed by atoms with E-state index in [9.17, 15) is 67.1 Å². The van der Waals surface area contributed by atoms with Crippen LogP contribution in [0.1, 0.15) is 12.8 Å². The van der Waals surface area contributed by atoms with Crippen LogP contribution < -0.4 is 16.4 Å². The van der Waals surface area contributed by atoms with Gasteiger partial charge in [0.25, 0.3) is 0 Å². The van der Waals surface area contributed by atoms with Crippen molar-refractivity contribution < 1.29 is 67.1 Å². The lowest BCUT2D eigenvalue weighted by molar-refractivity contribution is -0.167. The van der Waals surface area contributed by atoms with E-state index in [4.69, 9.17) is 5.73 Å². The van der Waals surface area contributed by atoms with E-state index < -0.39 is 60.1 Å². The first kappa shape index (κ1) is 59.9. The highest BCUT2D eigenvalue weighted by Gasteiger charge is 2.39. The van der Waals surface area contributed by atoms with Crippen molar-refractivity contribution in [3.63, 3.8) is 0 Å². The maximum Gasteiger partial charge on any atom is 0.471 e. The van der Waals surface area contributed by atoms with E-state index >= 15 is 0 Å². The van der Waals surface area contributed by atoms with Gasteiger partial charge in [-0.15, -0.1) is 34.0 Å². The van der Waals surface area contributed by atoms with Crippen LogP contribution in [0.15, 0.2) is 138 Å². The predicted octanol–water partition coefficient (Wildman–Crippen LogP) is 14.7. The molecule has 0 atom stereocenters. The summed E-state index contributed by atoms with van der Waals surface area (Å²) in [5, 5.41) is 3.50. The van der Waals surface area contributed by atoms with E-state index in [1.807, 2.05) is 54.6 Å². The smallest absolute Gasteiger partial charge is 0.382 e. The molecule has 15 nitrogen and oxygen atoms in total. The van der Waals surface area contributed by atoms with Crippen molar-refractivity contribution in [3.05, 3.63) is 155 Å². The number of para-hydroxylation sites is 3. The number of nitrogen functional groups attached to an aromatic ring is 1. The Hall–Kier alpha value is -8.26. The molecule has 12 rings (SSSR count). The number of nitrogens with zero attached hydrogens (tertiary/aromatic N) is 9. The molecule has 4 N–H and O–H groups in total. The molecule has 0 bridgehead atoms. The van der Waals surface area contributed by atoms with E-state index in [-0.39, 0.29) is 34.4 Å². The average Bonchev–Trinajstić information content (AvgIpc) is 4.41. The van der Waals surface area contributed by atoms with E-state index in [0.717, 1.165) is 54.0 Å². The van der Waals surface area contributed by atoms with E-state index in [0.29, 0.717) is 27.7 Å². The number of anilines is 3. The maximum atomic E-state index is 13.7. The predicted molar refractivity (Wildman–Crippen MR) is 290 cm³/mol. The molecule has 0 aliphatic heterocycles. The maximum absolute atomic E-state index is 13.7. The van der Waals surface area contributed by atoms with Gasteiger partial charge in [0.05, 0.1) is 36.8 Å². The average molecular weight is 1290 g/mol. The quantitative estimate of drug-likeness (QED) is 0.107. The number of carbonyl (C=O) groups excluding carboxylic acids is 3. The van der Waals surface area contributed by atoms with Crippen LogP contribution in [0.3, 0.4) is 0 Å². The van der Waals surface area contributed by atoms with Gasteiger partial charge in [-0.3, -0.25) is 23.2 Å². The molecular weight excluding hydrogens is 1260 g/mol. The Morgan fingerprint density at radius 2 is 1.00 bits per heavy atom. The standard InChI is InChI=1S/C17H10F4N4OS.C14H9FN4S.C9H5F4N3O.C7H4BrNS.C3H2ClF3O/c18-9-5-6-12-23-15(24-13(26)7-17(19,20)21)14(25(12)8-9)16-22-10-3-1-2-4-11(10)27-16;15-8-5-6-11-18-13(16)12(19(11)7-8)14-17-9-3-1-2-4-10(9)20-14;10-5-1-2-7-14-6(4-16(7)3-5)15-8(17)9(11,12)13;8-7-9-5-3-1-2-4-6(5)10-7;4-2(8)1-3(5,6)7/h1-6,8H,7H2,(H,24,26);1-7H,16H2;1-4H,(H,15,17);1-4H;1H2. The van der Waals surface area contributed by atoms with Crippen molar-refractivity contribution in [1.29, 1.82) is 0 Å². The van der Waals surface area contributed by atoms with Crippen molar-refractivity contribution >= 4 is 144 Å². The fraction of sp³-hybridized carbons (Fsp3) is 0.100. The summed E-state index contributed by atoms with van der Waals surface area (Å²) in [5.74, 6) is -4.88. The molecule has 424 valence electrons. The third kappa shape index (κ3) is 15.6. The first-order chi connectivity index (χ1) is 38.7. The lowest BCUT2D eigenvalue weighted by Crippen LogP contribution is -2.30. The van der Waals surface area contributed by atoms with Gasteiger partial charge in [-0.1, -0.05) is 36.4 Å². The van der Waals surface area contributed by atoms with Crippen LogP contribution in [0.4, 0.5) is 70.1 Å². The van der Waals surface area contributed by atoms with Gasteiger partial charge in [0.1, 0.15) is 68.6 Å². The zero-order valence-electron chi connectivity index (χ0n) is 40.5. The molecule has 9 aromatic heterocycles. The summed E-state index contributed by atoms with van der Waals surface area (Å²) in [5.41, 5.74) is 10.6. The summed E-state index contributed by atoms with van der Waals surface area (Å²) < 4.78 is 154. The molecule has 0 aliphatic rings. The van der Waals surface area contributed by atoms with Crippen LogP contribution in [-0.4, -0.2) is 78.7 Å². The summed E-state index contributed by atoms with van der Waals surface area (Å²) in [6.45, 7) is 0. The normalized spacial score (nSPS) is 11.6. The monoisotopic (exact) mass is 1280 g/mol. The second-order valence-corrected chi connectivity index (χ2v) is 21.2. The summed E-state index contributed by atoms with van der Waals surface area (Å²) in [6.07, 6.45) is -12.6. The van der Waals surface area contributed by atoms with Crippen LogP contribution in [-0.2, 0) is 14.4 Å². The van der Waals surface area contributed by atoms with Crippen molar-refractivity contribution in [3.8, 4) is 21.4 Å². The zero-order chi connectivity index (χ0) is 59.3. The Morgan fingerprint density at radius 3 is 1.49 bits per heavy atom. The molecule has 3 aromatic carbocycles. The largest absolute Gasteiger partial charge is 0.471 e. The molecule has 0 spiro atoms. The minimum Gasteiger partial charge on any atom is -0.382 e. The van der Waals surface area contributed by atoms with Crippen LogP contribution in [0, 0.1) is 17.5 Å². The van der Waals surface area contributed by atoms with Gasteiger partial charge >= 0.3 is 24.4 Å². The number of nitrogens with two attached hydrogens (primary N) is 1. The van der Waals surface area contributed by atoms with Crippen LogP contribution >= 0.6 is 61.5 Å². The summed E-state index contributed by atoms with van der Waals surface area (Å²) in [7, 11) is 0. The molecule has 0 fully saturated rings. The molecule has 0 aliphatic carbocycles. The van der Waals surface area contributed by atoms with Crippen LogP contribution in [0.25, 0.3) is 69.0 Å². The Morgan fingerprint density at radius 1 is 0.537 bits per heavy atom. The second-order valence-electron chi connectivity index (χ2n) is 16.4. The van der Waals surface area contributed by atoms with E-state index in [2.05, 4.69) is 68.8 Å². The number of alkyl halides is 9. The molecule has 0 radical (unpaired) electrons. The first-order valence-electron chi connectivity index (χ1n) is 22.6. The number of rotatable bonds is 6. The van der Waals surface area contributed by atoms with Crippen LogP contribution in [0.2, 0.25) is 0 Å². The van der Waals surface area contributed by atoms with E-state index in [1.165, 1.54) is 66.6 Å². The van der Waals surface area contributed by atoms with Gasteiger partial charge in [0, 0.05) is 18.6 Å². The van der Waals surface area contributed by atoms with Gasteiger partial charge < -0.3 is 20.8 Å². The molecule has 0 saturated carbocycles. The SMILES string of the molecule is Brc1nc2ccccc2s1.Nc1nc2ccc(F)cn2c1-c1nc2ccccc2s1.O=C(CC(F)(F)F)Nc1nc2ccc(F)cn2c1-c1nc2ccccc2s1.O=C(Cl)CC(F)(F)F.O=C(Nc1cn2cc(F)ccc2n1)C(F)(F)F. The summed E-state index contributed by atoms with van der Waals surface area (Å²) in [6, 6.07) is 31.0. The van der Waals surface area contributed by atoms with Crippen LogP contribution in [0.5, 0.6) is 0 Å². The van der Waals surface area contributed by atoms with Crippen molar-refractivity contribution in [2.45, 2.75) is 31.4 Å². The zero-order valence-corrected chi connectivity index (χ0v) is 45.3. The van der Waals surface area contributed by atoms with Gasteiger partial charge in [0.15, 0.2) is 21.4 Å². The number of thiazole rings is 3. The molecule has 32 heteroatoms. The number of nitrogens with one attached hydrogen (secondary N) is 2. The number of hydrogen-bond donors (Lipinski definition) is 3. The number of imidazole rings is 3. The summed E-state index contributed by atoms with van der Waals surface area (Å²) in [4.78, 5) is 57.2. The Bertz CT molecular complexity index is 4190. The van der Waals surface area contributed by atoms with Crippen molar-refractivity contribution in [2.75, 3.05) is 16.4 Å². The second kappa shape index (κ2) is 24.8. The molecule has 0 saturated heterocycles. The third-order valence-electron chi connectivity index (χ3n) is 10.3. The van der Waals surface area contributed by atoms with Gasteiger partial charge in [0.2, 0.25) is 11.1 Å². The molecule has 9 heterocycles. The van der Waals surface area contributed by atoms with Gasteiger partial charge in [-0.05, 0) is 100 Å². The molecule has 2 amide bonds. The number of benzene rings is 3. The first-order valence-corrected chi connectivity index (χ1v) is 26.3. The number of halogens is 14. The minimum absolute atomic E-state index is 0.103. The number of pyridine rings is 3. The highest BCUT2D eigenvalue weighted by molar-refractivity contribution is 9.11. The number of aromatic nitrogens is 9. The number of carbonyl (C=O) groups is 3. The number of fused-ring (bicyclic) bond motifs is 6. The topological polar surface area (TPSA) is 192 Å². The lowest BCUT2D eigenvalue weighted by Gasteiger charge is -2.07. The Labute approximate surface area is 475 Å².